The Morgan fingerprint density at radius 1 is 1.00 bits per heavy atom. The van der Waals surface area contributed by atoms with Gasteiger partial charge in [-0.1, -0.05) is 19.1 Å². The number of nitrogens with two attached hydrogens (primary N) is 1. The number of aryl methyl sites for hydroxylation is 5. The van der Waals surface area contributed by atoms with Gasteiger partial charge in [-0.3, -0.25) is 19.6 Å². The summed E-state index contributed by atoms with van der Waals surface area (Å²) in [6.07, 6.45) is 7.09. The first-order chi connectivity index (χ1) is 26.6. The van der Waals surface area contributed by atoms with Crippen LogP contribution in [-0.2, 0) is 26.1 Å². The Hall–Kier alpha value is -6.42. The number of amides is 2. The molecule has 4 N–H and O–H groups in total. The first-order valence-corrected chi connectivity index (χ1v) is 18.3. The van der Waals surface area contributed by atoms with Crippen LogP contribution in [0, 0.1) is 20.8 Å². The molecule has 0 saturated carbocycles. The Balaban J connectivity index is 1.28. The number of oxazole rings is 1. The van der Waals surface area contributed by atoms with E-state index in [1.807, 2.05) is 85.0 Å². The van der Waals surface area contributed by atoms with Crippen LogP contribution >= 0.6 is 0 Å². The van der Waals surface area contributed by atoms with Gasteiger partial charge in [0.15, 0.2) is 11.7 Å². The van der Waals surface area contributed by atoms with E-state index in [4.69, 9.17) is 24.9 Å². The zero-order valence-electron chi connectivity index (χ0n) is 31.8. The number of ether oxygens (including phenoxy) is 1. The number of hydrogen-bond acceptors (Lipinski definition) is 11. The summed E-state index contributed by atoms with van der Waals surface area (Å²) in [4.78, 5) is 49.2. The minimum Gasteiger partial charge on any atom is -0.491 e. The van der Waals surface area contributed by atoms with Crippen molar-refractivity contribution >= 4 is 50.9 Å². The van der Waals surface area contributed by atoms with E-state index in [-0.39, 0.29) is 11.5 Å². The summed E-state index contributed by atoms with van der Waals surface area (Å²) in [7, 11) is 1.91. The predicted octanol–water partition coefficient (Wildman–Crippen LogP) is 5.28. The van der Waals surface area contributed by atoms with E-state index in [9.17, 15) is 9.59 Å². The lowest BCUT2D eigenvalue weighted by molar-refractivity contribution is 0.0986. The summed E-state index contributed by atoms with van der Waals surface area (Å²) >= 11 is 0. The molecule has 1 aromatic carbocycles. The Morgan fingerprint density at radius 2 is 1.80 bits per heavy atom. The number of hydrogen-bond donors (Lipinski definition) is 3. The predicted molar refractivity (Wildman–Crippen MR) is 209 cm³/mol. The van der Waals surface area contributed by atoms with Crippen LogP contribution in [0.15, 0.2) is 53.1 Å². The maximum atomic E-state index is 13.6. The number of pyridine rings is 1. The van der Waals surface area contributed by atoms with Gasteiger partial charge in [-0.15, -0.1) is 0 Å². The van der Waals surface area contributed by atoms with Crippen molar-refractivity contribution in [1.29, 1.82) is 0 Å². The average Bonchev–Trinajstić information content (AvgIpc) is 3.92. The number of aromatic nitrogens is 9. The number of benzene rings is 1. The highest BCUT2D eigenvalue weighted by Crippen LogP contribution is 2.32. The maximum Gasteiger partial charge on any atom is 0.295 e. The Kier molecular flexibility index (Phi) is 10.4. The molecular weight excluding hydrogens is 701 g/mol. The van der Waals surface area contributed by atoms with Crippen molar-refractivity contribution in [2.24, 2.45) is 5.73 Å². The van der Waals surface area contributed by atoms with Gasteiger partial charge in [-0.2, -0.15) is 5.10 Å². The average molecular weight is 745 g/mol. The van der Waals surface area contributed by atoms with Crippen LogP contribution in [0.1, 0.15) is 64.2 Å². The Labute approximate surface area is 316 Å². The summed E-state index contributed by atoms with van der Waals surface area (Å²) in [5.41, 5.74) is 12.4. The third kappa shape index (κ3) is 7.27. The highest BCUT2D eigenvalue weighted by atomic mass is 16.5. The minimum atomic E-state index is -0.622. The highest BCUT2D eigenvalue weighted by molar-refractivity contribution is 6.06. The van der Waals surface area contributed by atoms with Gasteiger partial charge in [0.1, 0.15) is 33.8 Å². The van der Waals surface area contributed by atoms with Gasteiger partial charge in [0.25, 0.3) is 11.8 Å². The number of imidazole rings is 1. The van der Waals surface area contributed by atoms with Crippen molar-refractivity contribution in [2.75, 3.05) is 25.5 Å². The molecule has 0 radical (unpaired) electrons. The molecule has 0 spiro atoms. The van der Waals surface area contributed by atoms with Crippen molar-refractivity contribution < 1.29 is 18.7 Å². The van der Waals surface area contributed by atoms with Crippen molar-refractivity contribution in [3.63, 3.8) is 0 Å². The highest BCUT2D eigenvalue weighted by Gasteiger charge is 2.23. The second-order valence-corrected chi connectivity index (χ2v) is 13.2. The van der Waals surface area contributed by atoms with Gasteiger partial charge in [-0.05, 0) is 83.1 Å². The van der Waals surface area contributed by atoms with Crippen LogP contribution in [-0.4, -0.2) is 75.8 Å². The molecule has 0 aliphatic heterocycles. The molecule has 0 atom stereocenters. The molecule has 0 aliphatic carbocycles. The Bertz CT molecular complexity index is 2590. The molecule has 6 heterocycles. The fraction of sp³-hybridized carbons (Fsp3) is 0.333. The van der Waals surface area contributed by atoms with E-state index in [1.54, 1.807) is 19.2 Å². The molecule has 16 nitrogen and oxygen atoms in total. The monoisotopic (exact) mass is 744 g/mol. The molecule has 0 fully saturated rings. The third-order valence-corrected chi connectivity index (χ3v) is 9.22. The number of nitrogens with one attached hydrogen (secondary N) is 2. The summed E-state index contributed by atoms with van der Waals surface area (Å²) in [6.45, 7) is 12.3. The molecule has 7 aromatic rings. The van der Waals surface area contributed by atoms with Crippen LogP contribution in [0.4, 0.5) is 5.95 Å². The van der Waals surface area contributed by atoms with Crippen LogP contribution in [0.25, 0.3) is 44.6 Å². The molecule has 55 heavy (non-hydrogen) atoms. The van der Waals surface area contributed by atoms with E-state index >= 15 is 0 Å². The van der Waals surface area contributed by atoms with E-state index in [2.05, 4.69) is 30.7 Å². The fourth-order valence-electron chi connectivity index (χ4n) is 6.72. The van der Waals surface area contributed by atoms with Gasteiger partial charge >= 0.3 is 0 Å². The lowest BCUT2D eigenvalue weighted by Crippen LogP contribution is -2.17. The molecule has 0 bridgehead atoms. The van der Waals surface area contributed by atoms with Gasteiger partial charge < -0.3 is 29.3 Å². The summed E-state index contributed by atoms with van der Waals surface area (Å²) in [5.74, 6) is 1.05. The van der Waals surface area contributed by atoms with Gasteiger partial charge in [0.05, 0.1) is 34.4 Å². The molecule has 7 rings (SSSR count). The lowest BCUT2D eigenvalue weighted by atomic mass is 10.2. The number of rotatable bonds is 15. The Morgan fingerprint density at radius 3 is 2.55 bits per heavy atom. The van der Waals surface area contributed by atoms with Crippen LogP contribution in [0.5, 0.6) is 5.75 Å². The first kappa shape index (κ1) is 36.9. The molecule has 6 aromatic heterocycles. The number of fused-ring (bicyclic) bond motifs is 4. The number of anilines is 1. The normalized spacial score (nSPS) is 11.8. The maximum absolute atomic E-state index is 13.6. The topological polar surface area (TPSA) is 199 Å². The minimum absolute atomic E-state index is 0.151. The number of carbonyl (C=O) groups is 2. The molecule has 0 unspecified atom stereocenters. The standard InChI is InChI=1S/C39H44N12O4/c1-7-26-34(55-24(5)43-26)38(53)47-39-45-28-18-22(3)19-31(54-17-11-14-41-6)33(28)50(39)16-10-9-15-49-29-13-12-27(35(40)52)44-32(29)25-21-42-36(46-37(25)49)30-20-23(4)48-51(30)8-2/h9-10,12-13,18-21,41H,7-8,11,14-17H2,1-6H3,(H2,40,52)(H,45,47,53)/b10-9+. The van der Waals surface area contributed by atoms with Crippen molar-refractivity contribution in [1.82, 2.24) is 49.2 Å². The molecule has 0 saturated heterocycles. The van der Waals surface area contributed by atoms with E-state index < -0.39 is 11.8 Å². The largest absolute Gasteiger partial charge is 0.491 e. The van der Waals surface area contributed by atoms with Gasteiger partial charge in [0.2, 0.25) is 11.7 Å². The SMILES string of the molecule is CCc1nc(C)oc1C(=O)Nc1nc2cc(C)cc(OCCCNC)c2n1C/C=C/Cn1c2ccc(C(N)=O)nc2c2cnc(-c3cc(C)nn3CC)nc21. The smallest absolute Gasteiger partial charge is 0.295 e. The molecule has 16 heteroatoms. The second-order valence-electron chi connectivity index (χ2n) is 13.2. The van der Waals surface area contributed by atoms with E-state index in [0.717, 1.165) is 41.0 Å². The summed E-state index contributed by atoms with van der Waals surface area (Å²) in [5, 5.41) is 11.4. The quantitative estimate of drug-likeness (QED) is 0.0911. The molecule has 2 amide bonds. The van der Waals surface area contributed by atoms with Crippen molar-refractivity contribution in [3.8, 4) is 17.3 Å². The van der Waals surface area contributed by atoms with Crippen molar-refractivity contribution in [3.05, 3.63) is 83.0 Å². The second kappa shape index (κ2) is 15.5. The molecule has 284 valence electrons. The fourth-order valence-corrected chi connectivity index (χ4v) is 6.72. The van der Waals surface area contributed by atoms with Gasteiger partial charge in [0, 0.05) is 32.8 Å². The van der Waals surface area contributed by atoms with Crippen LogP contribution < -0.4 is 21.1 Å². The third-order valence-electron chi connectivity index (χ3n) is 9.22. The number of primary amides is 1. The van der Waals surface area contributed by atoms with Crippen molar-refractivity contribution in [2.45, 2.75) is 67.1 Å². The summed E-state index contributed by atoms with van der Waals surface area (Å²) < 4.78 is 17.8. The van der Waals surface area contributed by atoms with Crippen LogP contribution in [0.3, 0.4) is 0 Å². The molecule has 0 aliphatic rings. The van der Waals surface area contributed by atoms with E-state index in [1.165, 1.54) is 0 Å². The summed E-state index contributed by atoms with van der Waals surface area (Å²) in [6, 6.07) is 9.35. The first-order valence-electron chi connectivity index (χ1n) is 18.3. The van der Waals surface area contributed by atoms with Crippen LogP contribution in [0.2, 0.25) is 0 Å². The molecular formula is C39H44N12O4. The number of nitrogens with zero attached hydrogens (tertiary/aromatic N) is 9. The van der Waals surface area contributed by atoms with Gasteiger partial charge in [-0.25, -0.2) is 24.9 Å². The lowest BCUT2D eigenvalue weighted by Gasteiger charge is -2.12. The number of allylic oxidation sites excluding steroid dienone is 2. The zero-order valence-corrected chi connectivity index (χ0v) is 31.8. The van der Waals surface area contributed by atoms with E-state index in [0.29, 0.717) is 83.8 Å². The zero-order chi connectivity index (χ0) is 38.8. The number of carbonyl (C=O) groups excluding carboxylic acids is 2.